The molecule has 23 heavy (non-hydrogen) atoms. The monoisotopic (exact) mass is 311 g/mol. The van der Waals surface area contributed by atoms with Gasteiger partial charge >= 0.3 is 0 Å². The van der Waals surface area contributed by atoms with E-state index < -0.39 is 0 Å². The molecule has 0 saturated carbocycles. The number of benzene rings is 1. The van der Waals surface area contributed by atoms with Gasteiger partial charge < -0.3 is 4.52 Å². The summed E-state index contributed by atoms with van der Waals surface area (Å²) in [6.45, 7) is 7.47. The molecule has 0 aliphatic rings. The van der Waals surface area contributed by atoms with Gasteiger partial charge in [-0.3, -0.25) is 4.90 Å². The van der Waals surface area contributed by atoms with Gasteiger partial charge in [-0.2, -0.15) is 10.1 Å². The Morgan fingerprint density at radius 2 is 2.00 bits per heavy atom. The minimum absolute atomic E-state index is 0.618. The van der Waals surface area contributed by atoms with Gasteiger partial charge in [0.05, 0.1) is 12.2 Å². The van der Waals surface area contributed by atoms with Crippen molar-refractivity contribution < 1.29 is 4.52 Å². The van der Waals surface area contributed by atoms with Gasteiger partial charge in [-0.15, -0.1) is 0 Å². The van der Waals surface area contributed by atoms with Gasteiger partial charge in [0.1, 0.15) is 0 Å². The molecule has 0 saturated heterocycles. The Bertz CT molecular complexity index is 791. The molecule has 120 valence electrons. The molecule has 1 aromatic carbocycles. The van der Waals surface area contributed by atoms with Gasteiger partial charge in [0, 0.05) is 18.9 Å². The lowest BCUT2D eigenvalue weighted by atomic mass is 10.0. The maximum absolute atomic E-state index is 5.20. The lowest BCUT2D eigenvalue weighted by molar-refractivity contribution is 0.260. The van der Waals surface area contributed by atoms with E-state index in [9.17, 15) is 0 Å². The predicted molar refractivity (Wildman–Crippen MR) is 87.2 cm³/mol. The van der Waals surface area contributed by atoms with E-state index in [0.717, 1.165) is 12.2 Å². The quantitative estimate of drug-likeness (QED) is 0.725. The molecule has 0 aliphatic carbocycles. The average molecular weight is 311 g/mol. The maximum atomic E-state index is 5.20. The molecule has 0 N–H and O–H groups in total. The molecule has 0 radical (unpaired) electrons. The molecule has 0 unspecified atom stereocenters. The summed E-state index contributed by atoms with van der Waals surface area (Å²) in [6, 6.07) is 6.30. The number of aryl methyl sites for hydroxylation is 3. The highest BCUT2D eigenvalue weighted by molar-refractivity contribution is 5.48. The van der Waals surface area contributed by atoms with Gasteiger partial charge in [-0.25, -0.2) is 4.68 Å². The Labute approximate surface area is 135 Å². The highest BCUT2D eigenvalue weighted by Crippen LogP contribution is 2.22. The summed E-state index contributed by atoms with van der Waals surface area (Å²) >= 11 is 0. The molecular formula is C17H21N5O. The van der Waals surface area contributed by atoms with Crippen molar-refractivity contribution in [1.82, 2.24) is 24.8 Å². The van der Waals surface area contributed by atoms with Gasteiger partial charge in [-0.05, 0) is 56.6 Å². The molecule has 0 amide bonds. The number of rotatable bonds is 5. The van der Waals surface area contributed by atoms with Crippen molar-refractivity contribution in [2.75, 3.05) is 7.05 Å². The minimum Gasteiger partial charge on any atom is -0.338 e. The maximum Gasteiger partial charge on any atom is 0.240 e. The molecule has 6 heteroatoms. The molecule has 0 bridgehead atoms. The van der Waals surface area contributed by atoms with Crippen molar-refractivity contribution in [3.8, 4) is 5.69 Å². The number of hydrogen-bond acceptors (Lipinski definition) is 5. The van der Waals surface area contributed by atoms with Crippen LogP contribution < -0.4 is 0 Å². The van der Waals surface area contributed by atoms with Crippen LogP contribution in [0.15, 0.2) is 35.1 Å². The second-order valence-electron chi connectivity index (χ2n) is 5.94. The van der Waals surface area contributed by atoms with Crippen molar-refractivity contribution in [2.45, 2.75) is 33.9 Å². The van der Waals surface area contributed by atoms with Gasteiger partial charge in [-0.1, -0.05) is 11.2 Å². The molecular weight excluding hydrogens is 290 g/mol. The third-order valence-corrected chi connectivity index (χ3v) is 3.75. The standard InChI is InChI=1S/C17H21N5O/c1-12-8-13(2)15(16(9-12)22-7-5-6-18-22)10-21(4)11-17-19-14(3)20-23-17/h5-9H,10-11H2,1-4H3. The van der Waals surface area contributed by atoms with Gasteiger partial charge in [0.15, 0.2) is 5.82 Å². The minimum atomic E-state index is 0.618. The zero-order valence-electron chi connectivity index (χ0n) is 13.9. The summed E-state index contributed by atoms with van der Waals surface area (Å²) in [5.41, 5.74) is 4.84. The first-order valence-electron chi connectivity index (χ1n) is 7.61. The second-order valence-corrected chi connectivity index (χ2v) is 5.94. The van der Waals surface area contributed by atoms with Crippen LogP contribution in [0.1, 0.15) is 28.4 Å². The second kappa shape index (κ2) is 6.34. The molecule has 0 aliphatic heterocycles. The van der Waals surface area contributed by atoms with Crippen molar-refractivity contribution >= 4 is 0 Å². The fourth-order valence-electron chi connectivity index (χ4n) is 2.76. The molecule has 0 spiro atoms. The van der Waals surface area contributed by atoms with E-state index in [4.69, 9.17) is 4.52 Å². The van der Waals surface area contributed by atoms with Crippen molar-refractivity contribution in [3.63, 3.8) is 0 Å². The van der Waals surface area contributed by atoms with E-state index in [1.54, 1.807) is 6.20 Å². The summed E-state index contributed by atoms with van der Waals surface area (Å²) in [5, 5.41) is 8.22. The smallest absolute Gasteiger partial charge is 0.240 e. The van der Waals surface area contributed by atoms with E-state index in [1.807, 2.05) is 30.9 Å². The zero-order valence-corrected chi connectivity index (χ0v) is 13.9. The lowest BCUT2D eigenvalue weighted by Gasteiger charge is -2.20. The fraction of sp³-hybridized carbons (Fsp3) is 0.353. The number of aromatic nitrogens is 4. The summed E-state index contributed by atoms with van der Waals surface area (Å²) in [4.78, 5) is 6.43. The Kier molecular flexibility index (Phi) is 4.25. The third-order valence-electron chi connectivity index (χ3n) is 3.75. The van der Waals surface area contributed by atoms with Crippen LogP contribution in [0.25, 0.3) is 5.69 Å². The van der Waals surface area contributed by atoms with E-state index in [2.05, 4.69) is 46.1 Å². The summed E-state index contributed by atoms with van der Waals surface area (Å²) in [7, 11) is 2.05. The van der Waals surface area contributed by atoms with Crippen LogP contribution in [0.3, 0.4) is 0 Å². The summed E-state index contributed by atoms with van der Waals surface area (Å²) in [5.74, 6) is 1.30. The van der Waals surface area contributed by atoms with E-state index in [1.165, 1.54) is 16.7 Å². The lowest BCUT2D eigenvalue weighted by Crippen LogP contribution is -2.19. The molecule has 2 aromatic heterocycles. The van der Waals surface area contributed by atoms with Crippen LogP contribution in [0.5, 0.6) is 0 Å². The first-order valence-corrected chi connectivity index (χ1v) is 7.61. The Morgan fingerprint density at radius 3 is 2.65 bits per heavy atom. The fourth-order valence-corrected chi connectivity index (χ4v) is 2.76. The van der Waals surface area contributed by atoms with Crippen LogP contribution in [-0.4, -0.2) is 31.9 Å². The Balaban J connectivity index is 1.87. The first-order chi connectivity index (χ1) is 11.0. The van der Waals surface area contributed by atoms with Crippen LogP contribution in [0, 0.1) is 20.8 Å². The molecule has 3 aromatic rings. The van der Waals surface area contributed by atoms with Gasteiger partial charge in [0.25, 0.3) is 0 Å². The van der Waals surface area contributed by atoms with Crippen molar-refractivity contribution in [2.24, 2.45) is 0 Å². The summed E-state index contributed by atoms with van der Waals surface area (Å²) < 4.78 is 7.12. The van der Waals surface area contributed by atoms with E-state index in [0.29, 0.717) is 18.3 Å². The van der Waals surface area contributed by atoms with Crippen LogP contribution >= 0.6 is 0 Å². The SMILES string of the molecule is Cc1cc(C)c(CN(C)Cc2nc(C)no2)c(-n2cccn2)c1. The largest absolute Gasteiger partial charge is 0.338 e. The third kappa shape index (κ3) is 3.48. The Morgan fingerprint density at radius 1 is 1.17 bits per heavy atom. The van der Waals surface area contributed by atoms with Gasteiger partial charge in [0.2, 0.25) is 5.89 Å². The molecule has 3 rings (SSSR count). The topological polar surface area (TPSA) is 60.0 Å². The molecule has 6 nitrogen and oxygen atoms in total. The summed E-state index contributed by atoms with van der Waals surface area (Å²) in [6.07, 6.45) is 3.77. The van der Waals surface area contributed by atoms with E-state index >= 15 is 0 Å². The van der Waals surface area contributed by atoms with E-state index in [-0.39, 0.29) is 0 Å². The van der Waals surface area contributed by atoms with Crippen LogP contribution in [-0.2, 0) is 13.1 Å². The average Bonchev–Trinajstić information content (AvgIpc) is 3.13. The van der Waals surface area contributed by atoms with Crippen molar-refractivity contribution in [1.29, 1.82) is 0 Å². The number of nitrogens with zero attached hydrogens (tertiary/aromatic N) is 5. The Hall–Kier alpha value is -2.47. The van der Waals surface area contributed by atoms with Crippen LogP contribution in [0.2, 0.25) is 0 Å². The number of hydrogen-bond donors (Lipinski definition) is 0. The highest BCUT2D eigenvalue weighted by Gasteiger charge is 2.14. The predicted octanol–water partition coefficient (Wildman–Crippen LogP) is 2.81. The normalized spacial score (nSPS) is 11.3. The highest BCUT2D eigenvalue weighted by atomic mass is 16.5. The molecule has 0 atom stereocenters. The first kappa shape index (κ1) is 15.4. The molecule has 2 heterocycles. The molecule has 0 fully saturated rings. The van der Waals surface area contributed by atoms with Crippen LogP contribution in [0.4, 0.5) is 0 Å². The van der Waals surface area contributed by atoms with Crippen molar-refractivity contribution in [3.05, 3.63) is 59.0 Å². The zero-order chi connectivity index (χ0) is 16.4.